The number of fused-ring (bicyclic) bond motifs is 1. The molecule has 3 aromatic rings. The molecule has 0 aliphatic heterocycles. The minimum atomic E-state index is -0.215. The Balaban J connectivity index is 2.09. The Morgan fingerprint density at radius 1 is 1.20 bits per heavy atom. The number of rotatable bonds is 3. The van der Waals surface area contributed by atoms with Crippen LogP contribution in [0.5, 0.6) is 0 Å². The predicted octanol–water partition coefficient (Wildman–Crippen LogP) is 3.74. The van der Waals surface area contributed by atoms with Gasteiger partial charge in [0.2, 0.25) is 0 Å². The Hall–Kier alpha value is -2.23. The van der Waals surface area contributed by atoms with Gasteiger partial charge in [0.05, 0.1) is 0 Å². The number of imidazole rings is 1. The van der Waals surface area contributed by atoms with Gasteiger partial charge >= 0.3 is 0 Å². The van der Waals surface area contributed by atoms with Crippen LogP contribution in [0.25, 0.3) is 11.2 Å². The standard InChI is InChI=1S/C16H16FN3/c1-11(2)20-15(10-12-5-3-6-13(17)9-12)19-14-7-4-8-18-16(14)20/h3-9,11H,10H2,1-2H3. The molecule has 0 aliphatic rings. The molecular formula is C16H16FN3. The van der Waals surface area contributed by atoms with Crippen molar-refractivity contribution in [3.8, 4) is 0 Å². The molecule has 102 valence electrons. The first-order valence-corrected chi connectivity index (χ1v) is 6.71. The summed E-state index contributed by atoms with van der Waals surface area (Å²) in [6.07, 6.45) is 2.38. The molecule has 4 heteroatoms. The lowest BCUT2D eigenvalue weighted by atomic mass is 10.1. The highest BCUT2D eigenvalue weighted by Gasteiger charge is 2.14. The van der Waals surface area contributed by atoms with E-state index in [2.05, 4.69) is 28.4 Å². The third kappa shape index (κ3) is 2.29. The molecule has 0 unspecified atom stereocenters. The summed E-state index contributed by atoms with van der Waals surface area (Å²) in [5, 5.41) is 0. The van der Waals surface area contributed by atoms with Gasteiger partial charge in [-0.05, 0) is 43.7 Å². The van der Waals surface area contributed by atoms with E-state index >= 15 is 0 Å². The van der Waals surface area contributed by atoms with E-state index in [0.29, 0.717) is 6.42 Å². The Morgan fingerprint density at radius 3 is 2.80 bits per heavy atom. The van der Waals surface area contributed by atoms with Crippen molar-refractivity contribution in [3.63, 3.8) is 0 Å². The average molecular weight is 269 g/mol. The van der Waals surface area contributed by atoms with Gasteiger partial charge in [-0.2, -0.15) is 0 Å². The fourth-order valence-corrected chi connectivity index (χ4v) is 2.47. The van der Waals surface area contributed by atoms with Crippen molar-refractivity contribution in [2.75, 3.05) is 0 Å². The molecule has 0 saturated carbocycles. The number of nitrogens with zero attached hydrogens (tertiary/aromatic N) is 3. The number of halogens is 1. The van der Waals surface area contributed by atoms with Gasteiger partial charge in [0.25, 0.3) is 0 Å². The van der Waals surface area contributed by atoms with Crippen LogP contribution in [-0.4, -0.2) is 14.5 Å². The molecule has 0 atom stereocenters. The van der Waals surface area contributed by atoms with Crippen LogP contribution in [0.4, 0.5) is 4.39 Å². The maximum atomic E-state index is 13.3. The molecule has 0 N–H and O–H groups in total. The summed E-state index contributed by atoms with van der Waals surface area (Å²) in [5.74, 6) is 0.701. The lowest BCUT2D eigenvalue weighted by Crippen LogP contribution is -2.07. The lowest BCUT2D eigenvalue weighted by Gasteiger charge is -2.12. The van der Waals surface area contributed by atoms with Gasteiger partial charge in [-0.3, -0.25) is 0 Å². The minimum absolute atomic E-state index is 0.215. The van der Waals surface area contributed by atoms with Crippen molar-refractivity contribution in [1.82, 2.24) is 14.5 Å². The van der Waals surface area contributed by atoms with Gasteiger partial charge in [0.1, 0.15) is 17.2 Å². The second-order valence-corrected chi connectivity index (χ2v) is 5.14. The van der Waals surface area contributed by atoms with E-state index in [1.807, 2.05) is 18.2 Å². The highest BCUT2D eigenvalue weighted by molar-refractivity contribution is 5.71. The highest BCUT2D eigenvalue weighted by atomic mass is 19.1. The van der Waals surface area contributed by atoms with E-state index in [4.69, 9.17) is 0 Å². The zero-order chi connectivity index (χ0) is 14.1. The summed E-state index contributed by atoms with van der Waals surface area (Å²) in [4.78, 5) is 9.05. The van der Waals surface area contributed by atoms with E-state index in [0.717, 1.165) is 22.6 Å². The first-order valence-electron chi connectivity index (χ1n) is 6.71. The first-order chi connectivity index (χ1) is 9.65. The van der Waals surface area contributed by atoms with E-state index in [1.165, 1.54) is 6.07 Å². The van der Waals surface area contributed by atoms with Gasteiger partial charge in [-0.15, -0.1) is 0 Å². The van der Waals surface area contributed by atoms with Crippen molar-refractivity contribution < 1.29 is 4.39 Å². The van der Waals surface area contributed by atoms with E-state index in [1.54, 1.807) is 18.3 Å². The van der Waals surface area contributed by atoms with Crippen molar-refractivity contribution in [2.45, 2.75) is 26.3 Å². The van der Waals surface area contributed by atoms with E-state index in [-0.39, 0.29) is 11.9 Å². The zero-order valence-corrected chi connectivity index (χ0v) is 11.5. The van der Waals surface area contributed by atoms with Crippen LogP contribution in [0.15, 0.2) is 42.6 Å². The number of hydrogen-bond donors (Lipinski definition) is 0. The second-order valence-electron chi connectivity index (χ2n) is 5.14. The number of benzene rings is 1. The molecular weight excluding hydrogens is 253 g/mol. The molecule has 0 bridgehead atoms. The molecule has 3 rings (SSSR count). The second kappa shape index (κ2) is 5.04. The molecule has 2 heterocycles. The Bertz CT molecular complexity index is 746. The van der Waals surface area contributed by atoms with Crippen molar-refractivity contribution in [3.05, 3.63) is 59.8 Å². The summed E-state index contributed by atoms with van der Waals surface area (Å²) in [6, 6.07) is 10.8. The average Bonchev–Trinajstić information content (AvgIpc) is 2.76. The Kier molecular flexibility index (Phi) is 3.22. The summed E-state index contributed by atoms with van der Waals surface area (Å²) >= 11 is 0. The largest absolute Gasteiger partial charge is 0.310 e. The van der Waals surface area contributed by atoms with Crippen LogP contribution in [0.2, 0.25) is 0 Å². The molecule has 0 fully saturated rings. The summed E-state index contributed by atoms with van der Waals surface area (Å²) in [7, 11) is 0. The molecule has 0 saturated heterocycles. The van der Waals surface area contributed by atoms with Crippen molar-refractivity contribution >= 4 is 11.2 Å². The summed E-state index contributed by atoms with van der Waals surface area (Å²) < 4.78 is 15.4. The molecule has 2 aromatic heterocycles. The molecule has 3 nitrogen and oxygen atoms in total. The lowest BCUT2D eigenvalue weighted by molar-refractivity contribution is 0.586. The first kappa shape index (κ1) is 12.8. The van der Waals surface area contributed by atoms with Crippen LogP contribution < -0.4 is 0 Å². The highest BCUT2D eigenvalue weighted by Crippen LogP contribution is 2.21. The fraction of sp³-hybridized carbons (Fsp3) is 0.250. The third-order valence-electron chi connectivity index (χ3n) is 3.29. The number of hydrogen-bond acceptors (Lipinski definition) is 2. The van der Waals surface area contributed by atoms with E-state index in [9.17, 15) is 4.39 Å². The Morgan fingerprint density at radius 2 is 2.05 bits per heavy atom. The molecule has 20 heavy (non-hydrogen) atoms. The third-order valence-corrected chi connectivity index (χ3v) is 3.29. The smallest absolute Gasteiger partial charge is 0.160 e. The maximum absolute atomic E-state index is 13.3. The van der Waals surface area contributed by atoms with Crippen LogP contribution in [0, 0.1) is 5.82 Å². The normalized spacial score (nSPS) is 11.4. The monoisotopic (exact) mass is 269 g/mol. The van der Waals surface area contributed by atoms with E-state index < -0.39 is 0 Å². The van der Waals surface area contributed by atoms with Crippen molar-refractivity contribution in [2.24, 2.45) is 0 Å². The number of aromatic nitrogens is 3. The molecule has 0 radical (unpaired) electrons. The number of pyridine rings is 1. The van der Waals surface area contributed by atoms with Crippen LogP contribution in [0.3, 0.4) is 0 Å². The van der Waals surface area contributed by atoms with Crippen LogP contribution >= 0.6 is 0 Å². The predicted molar refractivity (Wildman–Crippen MR) is 77.1 cm³/mol. The maximum Gasteiger partial charge on any atom is 0.160 e. The molecule has 0 spiro atoms. The van der Waals surface area contributed by atoms with Crippen LogP contribution in [0.1, 0.15) is 31.3 Å². The Labute approximate surface area is 117 Å². The van der Waals surface area contributed by atoms with Gasteiger partial charge in [-0.1, -0.05) is 12.1 Å². The fourth-order valence-electron chi connectivity index (χ4n) is 2.47. The molecule has 0 aliphatic carbocycles. The molecule has 0 amide bonds. The van der Waals surface area contributed by atoms with Gasteiger partial charge < -0.3 is 4.57 Å². The quantitative estimate of drug-likeness (QED) is 0.725. The summed E-state index contributed by atoms with van der Waals surface area (Å²) in [5.41, 5.74) is 2.68. The zero-order valence-electron chi connectivity index (χ0n) is 11.5. The van der Waals surface area contributed by atoms with Crippen LogP contribution in [-0.2, 0) is 6.42 Å². The molecule has 1 aromatic carbocycles. The van der Waals surface area contributed by atoms with Gasteiger partial charge in [0, 0.05) is 18.7 Å². The van der Waals surface area contributed by atoms with Gasteiger partial charge in [-0.25, -0.2) is 14.4 Å². The van der Waals surface area contributed by atoms with Gasteiger partial charge in [0.15, 0.2) is 5.65 Å². The topological polar surface area (TPSA) is 30.7 Å². The summed E-state index contributed by atoms with van der Waals surface area (Å²) in [6.45, 7) is 4.20. The van der Waals surface area contributed by atoms with Crippen molar-refractivity contribution in [1.29, 1.82) is 0 Å². The minimum Gasteiger partial charge on any atom is -0.310 e. The SMILES string of the molecule is CC(C)n1c(Cc2cccc(F)c2)nc2cccnc21.